The summed E-state index contributed by atoms with van der Waals surface area (Å²) in [6, 6.07) is 12.7. The van der Waals surface area contributed by atoms with Crippen molar-refractivity contribution in [3.63, 3.8) is 0 Å². The minimum atomic E-state index is -0.552. The highest BCUT2D eigenvalue weighted by atomic mass is 35.5. The van der Waals surface area contributed by atoms with E-state index in [0.29, 0.717) is 21.0 Å². The van der Waals surface area contributed by atoms with Crippen LogP contribution in [0.5, 0.6) is 5.75 Å². The van der Waals surface area contributed by atoms with E-state index in [1.807, 2.05) is 55.7 Å². The number of carbonyl (C=O) groups is 1. The van der Waals surface area contributed by atoms with Crippen molar-refractivity contribution in [2.24, 2.45) is 0 Å². The largest absolute Gasteiger partial charge is 0.497 e. The van der Waals surface area contributed by atoms with Gasteiger partial charge in [-0.2, -0.15) is 0 Å². The van der Waals surface area contributed by atoms with Gasteiger partial charge in [0, 0.05) is 5.56 Å². The molecule has 0 spiro atoms. The highest BCUT2D eigenvalue weighted by Crippen LogP contribution is 2.32. The van der Waals surface area contributed by atoms with Crippen molar-refractivity contribution in [3.05, 3.63) is 52.5 Å². The molecule has 2 aromatic carbocycles. The van der Waals surface area contributed by atoms with E-state index in [0.717, 1.165) is 17.0 Å². The Hall–Kier alpha value is -2.22. The molecule has 0 aliphatic heterocycles. The Kier molecular flexibility index (Phi) is 6.95. The third-order valence-corrected chi connectivity index (χ3v) is 5.52. The molecule has 3 rings (SSSR count). The van der Waals surface area contributed by atoms with Crippen LogP contribution >= 0.6 is 35.0 Å². The molecule has 30 heavy (non-hydrogen) atoms. The number of aromatic nitrogens is 3. The topological polar surface area (TPSA) is 66.2 Å². The van der Waals surface area contributed by atoms with Crippen LogP contribution in [0.4, 0.5) is 0 Å². The first-order valence-corrected chi connectivity index (χ1v) is 10.8. The number of ether oxygens (including phenoxy) is 2. The van der Waals surface area contributed by atoms with E-state index in [4.69, 9.17) is 32.7 Å². The molecule has 0 unspecified atom stereocenters. The van der Waals surface area contributed by atoms with E-state index in [-0.39, 0.29) is 11.7 Å². The Labute approximate surface area is 189 Å². The molecule has 0 aliphatic carbocycles. The number of nitrogens with zero attached hydrogens (tertiary/aromatic N) is 3. The normalized spacial score (nSPS) is 11.4. The average Bonchev–Trinajstić information content (AvgIpc) is 3.11. The van der Waals surface area contributed by atoms with Crippen LogP contribution in [0.25, 0.3) is 17.1 Å². The van der Waals surface area contributed by atoms with Crippen LogP contribution in [0.2, 0.25) is 10.0 Å². The lowest BCUT2D eigenvalue weighted by atomic mass is 10.2. The van der Waals surface area contributed by atoms with Gasteiger partial charge in [0.05, 0.1) is 28.6 Å². The standard InChI is InChI=1S/C21H21Cl2N3O3S/c1-21(2,3)29-18(27)12-30-20-25-24-19(13-5-8-15(28-4)9-6-13)26(20)14-7-10-16(22)17(23)11-14/h5-11H,12H2,1-4H3. The minimum Gasteiger partial charge on any atom is -0.497 e. The highest BCUT2D eigenvalue weighted by molar-refractivity contribution is 7.99. The van der Waals surface area contributed by atoms with Crippen molar-refractivity contribution in [3.8, 4) is 22.8 Å². The first kappa shape index (κ1) is 22.5. The Morgan fingerprint density at radius 2 is 1.77 bits per heavy atom. The number of carbonyl (C=O) groups excluding carboxylic acids is 1. The predicted octanol–water partition coefficient (Wildman–Crippen LogP) is 5.68. The van der Waals surface area contributed by atoms with E-state index in [2.05, 4.69) is 10.2 Å². The van der Waals surface area contributed by atoms with Crippen LogP contribution in [0.3, 0.4) is 0 Å². The second-order valence-electron chi connectivity index (χ2n) is 7.34. The second-order valence-corrected chi connectivity index (χ2v) is 9.10. The fourth-order valence-corrected chi connectivity index (χ4v) is 3.66. The molecule has 1 aromatic heterocycles. The molecule has 0 fully saturated rings. The van der Waals surface area contributed by atoms with Gasteiger partial charge in [-0.05, 0) is 63.2 Å². The lowest BCUT2D eigenvalue weighted by Gasteiger charge is -2.19. The molecule has 1 heterocycles. The van der Waals surface area contributed by atoms with Crippen molar-refractivity contribution in [2.45, 2.75) is 31.5 Å². The summed E-state index contributed by atoms with van der Waals surface area (Å²) in [5.74, 6) is 1.10. The zero-order valence-electron chi connectivity index (χ0n) is 17.0. The number of benzene rings is 2. The average molecular weight is 466 g/mol. The first-order valence-electron chi connectivity index (χ1n) is 9.08. The number of thioether (sulfide) groups is 1. The molecule has 0 saturated heterocycles. The summed E-state index contributed by atoms with van der Waals surface area (Å²) in [6.45, 7) is 5.49. The van der Waals surface area contributed by atoms with E-state index in [1.165, 1.54) is 11.8 Å². The summed E-state index contributed by atoms with van der Waals surface area (Å²) in [4.78, 5) is 12.2. The van der Waals surface area contributed by atoms with Gasteiger partial charge < -0.3 is 9.47 Å². The van der Waals surface area contributed by atoms with Crippen molar-refractivity contribution in [1.29, 1.82) is 0 Å². The molecule has 6 nitrogen and oxygen atoms in total. The Morgan fingerprint density at radius 3 is 2.37 bits per heavy atom. The maximum absolute atomic E-state index is 12.2. The van der Waals surface area contributed by atoms with E-state index >= 15 is 0 Å². The van der Waals surface area contributed by atoms with E-state index in [1.54, 1.807) is 19.2 Å². The van der Waals surface area contributed by atoms with Gasteiger partial charge in [-0.25, -0.2) is 0 Å². The van der Waals surface area contributed by atoms with Crippen molar-refractivity contribution >= 4 is 40.9 Å². The molecule has 158 valence electrons. The molecule has 0 aliphatic rings. The van der Waals surface area contributed by atoms with Gasteiger partial charge in [0.15, 0.2) is 11.0 Å². The number of esters is 1. The number of hydrogen-bond acceptors (Lipinski definition) is 6. The summed E-state index contributed by atoms with van der Waals surface area (Å²) in [6.07, 6.45) is 0. The number of hydrogen-bond donors (Lipinski definition) is 0. The summed E-state index contributed by atoms with van der Waals surface area (Å²) < 4.78 is 12.4. The maximum Gasteiger partial charge on any atom is 0.316 e. The predicted molar refractivity (Wildman–Crippen MR) is 120 cm³/mol. The Morgan fingerprint density at radius 1 is 1.07 bits per heavy atom. The summed E-state index contributed by atoms with van der Waals surface area (Å²) in [5, 5.41) is 10.0. The fraction of sp³-hybridized carbons (Fsp3) is 0.286. The van der Waals surface area contributed by atoms with Gasteiger partial charge in [0.25, 0.3) is 0 Å². The van der Waals surface area contributed by atoms with Crippen LogP contribution in [0, 0.1) is 0 Å². The zero-order valence-corrected chi connectivity index (χ0v) is 19.3. The van der Waals surface area contributed by atoms with Gasteiger partial charge >= 0.3 is 5.97 Å². The SMILES string of the molecule is COc1ccc(-c2nnc(SCC(=O)OC(C)(C)C)n2-c2ccc(Cl)c(Cl)c2)cc1. The maximum atomic E-state index is 12.2. The molecule has 0 radical (unpaired) electrons. The van der Waals surface area contributed by atoms with Crippen LogP contribution in [-0.4, -0.2) is 39.2 Å². The molecular weight excluding hydrogens is 445 g/mol. The quantitative estimate of drug-likeness (QED) is 0.344. The number of methoxy groups -OCH3 is 1. The molecule has 0 N–H and O–H groups in total. The monoisotopic (exact) mass is 465 g/mol. The van der Waals surface area contributed by atoms with Gasteiger partial charge in [-0.15, -0.1) is 10.2 Å². The lowest BCUT2D eigenvalue weighted by molar-refractivity contribution is -0.151. The number of rotatable bonds is 6. The van der Waals surface area contributed by atoms with Crippen molar-refractivity contribution < 1.29 is 14.3 Å². The van der Waals surface area contributed by atoms with Crippen LogP contribution in [0.1, 0.15) is 20.8 Å². The molecule has 3 aromatic rings. The summed E-state index contributed by atoms with van der Waals surface area (Å²) in [5.41, 5.74) is 1.01. The van der Waals surface area contributed by atoms with Gasteiger partial charge in [0.1, 0.15) is 11.4 Å². The van der Waals surface area contributed by atoms with Crippen LogP contribution < -0.4 is 4.74 Å². The van der Waals surface area contributed by atoms with E-state index < -0.39 is 5.60 Å². The van der Waals surface area contributed by atoms with Gasteiger partial charge in [-0.1, -0.05) is 35.0 Å². The van der Waals surface area contributed by atoms with Crippen molar-refractivity contribution in [1.82, 2.24) is 14.8 Å². The van der Waals surface area contributed by atoms with Crippen molar-refractivity contribution in [2.75, 3.05) is 12.9 Å². The van der Waals surface area contributed by atoms with Gasteiger partial charge in [-0.3, -0.25) is 9.36 Å². The highest BCUT2D eigenvalue weighted by Gasteiger charge is 2.21. The molecular formula is C21H21Cl2N3O3S. The molecule has 0 saturated carbocycles. The summed E-state index contributed by atoms with van der Waals surface area (Å²) >= 11 is 13.6. The molecule has 0 bridgehead atoms. The zero-order chi connectivity index (χ0) is 21.9. The minimum absolute atomic E-state index is 0.0966. The molecule has 0 atom stereocenters. The van der Waals surface area contributed by atoms with Gasteiger partial charge in [0.2, 0.25) is 0 Å². The van der Waals surface area contributed by atoms with E-state index in [9.17, 15) is 4.79 Å². The third kappa shape index (κ3) is 5.47. The fourth-order valence-electron chi connectivity index (χ4n) is 2.64. The second kappa shape index (κ2) is 9.29. The third-order valence-electron chi connectivity index (χ3n) is 3.88. The summed E-state index contributed by atoms with van der Waals surface area (Å²) in [7, 11) is 1.61. The Bertz CT molecular complexity index is 1050. The molecule has 0 amide bonds. The van der Waals surface area contributed by atoms with Crippen LogP contribution in [0.15, 0.2) is 47.6 Å². The lowest BCUT2D eigenvalue weighted by Crippen LogP contribution is -2.25. The van der Waals surface area contributed by atoms with Crippen LogP contribution in [-0.2, 0) is 9.53 Å². The first-order chi connectivity index (χ1) is 14.2. The smallest absolute Gasteiger partial charge is 0.316 e. The Balaban J connectivity index is 1.99. The molecule has 9 heteroatoms. The number of halogens is 2.